The van der Waals surface area contributed by atoms with Crippen LogP contribution in [0.4, 0.5) is 0 Å². The molecular formula is C24H32N4O4. The van der Waals surface area contributed by atoms with Crippen molar-refractivity contribution in [3.05, 3.63) is 46.8 Å². The molecule has 1 aromatic carbocycles. The highest BCUT2D eigenvalue weighted by Crippen LogP contribution is 2.24. The van der Waals surface area contributed by atoms with Crippen LogP contribution in [0, 0.1) is 19.8 Å². The average molecular weight is 441 g/mol. The number of ether oxygens (including phenoxy) is 1. The lowest BCUT2D eigenvalue weighted by Gasteiger charge is -2.11. The van der Waals surface area contributed by atoms with Crippen molar-refractivity contribution in [1.29, 1.82) is 0 Å². The smallest absolute Gasteiger partial charge is 0.305 e. The van der Waals surface area contributed by atoms with Crippen LogP contribution in [0.5, 0.6) is 0 Å². The van der Waals surface area contributed by atoms with Gasteiger partial charge >= 0.3 is 5.97 Å². The SMILES string of the molecule is COC(=O)CCc1c(C)nn(-c2ccc(C(=O)NCCNC(=O)C3CCCC3)cc2)c1C. The van der Waals surface area contributed by atoms with Crippen molar-refractivity contribution < 1.29 is 19.1 Å². The molecule has 1 fully saturated rings. The summed E-state index contributed by atoms with van der Waals surface area (Å²) in [4.78, 5) is 35.9. The second-order valence-electron chi connectivity index (χ2n) is 8.21. The number of carbonyl (C=O) groups is 3. The fraction of sp³-hybridized carbons (Fsp3) is 0.500. The summed E-state index contributed by atoms with van der Waals surface area (Å²) in [5.74, 6) is -0.200. The lowest BCUT2D eigenvalue weighted by Crippen LogP contribution is -2.37. The number of aryl methyl sites for hydroxylation is 1. The van der Waals surface area contributed by atoms with Crippen LogP contribution in [0.15, 0.2) is 24.3 Å². The van der Waals surface area contributed by atoms with Crippen molar-refractivity contribution in [3.63, 3.8) is 0 Å². The van der Waals surface area contributed by atoms with Gasteiger partial charge in [0.15, 0.2) is 0 Å². The van der Waals surface area contributed by atoms with E-state index in [9.17, 15) is 14.4 Å². The number of amides is 2. The molecule has 8 heteroatoms. The molecule has 0 radical (unpaired) electrons. The first-order valence-corrected chi connectivity index (χ1v) is 11.2. The van der Waals surface area contributed by atoms with Gasteiger partial charge < -0.3 is 15.4 Å². The van der Waals surface area contributed by atoms with Crippen molar-refractivity contribution in [2.75, 3.05) is 20.2 Å². The summed E-state index contributed by atoms with van der Waals surface area (Å²) in [5.41, 5.74) is 4.24. The number of hydrogen-bond donors (Lipinski definition) is 2. The Labute approximate surface area is 188 Å². The molecule has 0 spiro atoms. The van der Waals surface area contributed by atoms with Crippen molar-refractivity contribution in [2.45, 2.75) is 52.4 Å². The number of nitrogens with one attached hydrogen (secondary N) is 2. The number of hydrogen-bond acceptors (Lipinski definition) is 5. The van der Waals surface area contributed by atoms with Crippen LogP contribution < -0.4 is 10.6 Å². The molecule has 1 heterocycles. The van der Waals surface area contributed by atoms with E-state index >= 15 is 0 Å². The normalized spacial score (nSPS) is 13.7. The van der Waals surface area contributed by atoms with Crippen molar-refractivity contribution in [3.8, 4) is 5.69 Å². The number of methoxy groups -OCH3 is 1. The highest BCUT2D eigenvalue weighted by molar-refractivity contribution is 5.94. The molecule has 0 unspecified atom stereocenters. The maximum absolute atomic E-state index is 12.4. The second kappa shape index (κ2) is 10.9. The topological polar surface area (TPSA) is 102 Å². The predicted molar refractivity (Wildman–Crippen MR) is 121 cm³/mol. The van der Waals surface area contributed by atoms with E-state index in [2.05, 4.69) is 15.7 Å². The molecule has 2 amide bonds. The summed E-state index contributed by atoms with van der Waals surface area (Å²) in [6.45, 7) is 4.70. The summed E-state index contributed by atoms with van der Waals surface area (Å²) in [7, 11) is 1.38. The van der Waals surface area contributed by atoms with Gasteiger partial charge in [0.05, 0.1) is 18.5 Å². The van der Waals surface area contributed by atoms with Crippen LogP contribution in [-0.4, -0.2) is 47.8 Å². The number of esters is 1. The molecule has 8 nitrogen and oxygen atoms in total. The van der Waals surface area contributed by atoms with Crippen LogP contribution in [0.3, 0.4) is 0 Å². The Hall–Kier alpha value is -3.16. The number of aromatic nitrogens is 2. The van der Waals surface area contributed by atoms with Gasteiger partial charge in [0.2, 0.25) is 5.91 Å². The van der Waals surface area contributed by atoms with Crippen molar-refractivity contribution >= 4 is 17.8 Å². The summed E-state index contributed by atoms with van der Waals surface area (Å²) in [6.07, 6.45) is 5.06. The lowest BCUT2D eigenvalue weighted by atomic mass is 10.1. The van der Waals surface area contributed by atoms with Gasteiger partial charge in [-0.2, -0.15) is 5.10 Å². The van der Waals surface area contributed by atoms with E-state index in [4.69, 9.17) is 4.74 Å². The zero-order valence-corrected chi connectivity index (χ0v) is 19.1. The number of benzene rings is 1. The van der Waals surface area contributed by atoms with Gasteiger partial charge in [-0.15, -0.1) is 0 Å². The molecular weight excluding hydrogens is 408 g/mol. The molecule has 2 aromatic rings. The van der Waals surface area contributed by atoms with Crippen LogP contribution in [-0.2, 0) is 20.7 Å². The minimum Gasteiger partial charge on any atom is -0.469 e. The van der Waals surface area contributed by atoms with Crippen LogP contribution in [0.2, 0.25) is 0 Å². The zero-order valence-electron chi connectivity index (χ0n) is 19.1. The molecule has 1 aliphatic carbocycles. The van der Waals surface area contributed by atoms with Gasteiger partial charge in [0.25, 0.3) is 5.91 Å². The van der Waals surface area contributed by atoms with Gasteiger partial charge in [-0.1, -0.05) is 12.8 Å². The van der Waals surface area contributed by atoms with Crippen molar-refractivity contribution in [2.24, 2.45) is 5.92 Å². The third-order valence-electron chi connectivity index (χ3n) is 6.06. The van der Waals surface area contributed by atoms with E-state index in [0.29, 0.717) is 31.5 Å². The van der Waals surface area contributed by atoms with E-state index in [0.717, 1.165) is 48.3 Å². The fourth-order valence-corrected chi connectivity index (χ4v) is 4.17. The Kier molecular flexibility index (Phi) is 8.03. The molecule has 172 valence electrons. The average Bonchev–Trinajstić information content (AvgIpc) is 3.43. The Bertz CT molecular complexity index is 959. The maximum atomic E-state index is 12.4. The third-order valence-corrected chi connectivity index (χ3v) is 6.06. The van der Waals surface area contributed by atoms with Gasteiger partial charge in [-0.3, -0.25) is 14.4 Å². The van der Waals surface area contributed by atoms with E-state index in [1.165, 1.54) is 7.11 Å². The van der Waals surface area contributed by atoms with E-state index in [1.54, 1.807) is 12.1 Å². The first-order valence-electron chi connectivity index (χ1n) is 11.2. The Morgan fingerprint density at radius 3 is 2.38 bits per heavy atom. The van der Waals surface area contributed by atoms with Crippen LogP contribution in [0.1, 0.15) is 59.4 Å². The Balaban J connectivity index is 1.53. The molecule has 0 atom stereocenters. The molecule has 0 aliphatic heterocycles. The molecule has 0 saturated heterocycles. The second-order valence-corrected chi connectivity index (χ2v) is 8.21. The molecule has 1 aliphatic rings. The predicted octanol–water partition coefficient (Wildman–Crippen LogP) is 2.63. The highest BCUT2D eigenvalue weighted by atomic mass is 16.5. The molecule has 1 saturated carbocycles. The quantitative estimate of drug-likeness (QED) is 0.461. The van der Waals surface area contributed by atoms with E-state index in [-0.39, 0.29) is 23.7 Å². The largest absolute Gasteiger partial charge is 0.469 e. The lowest BCUT2D eigenvalue weighted by molar-refractivity contribution is -0.140. The number of carbonyl (C=O) groups excluding carboxylic acids is 3. The Morgan fingerprint density at radius 2 is 1.72 bits per heavy atom. The first-order chi connectivity index (χ1) is 15.4. The van der Waals surface area contributed by atoms with Crippen LogP contribution in [0.25, 0.3) is 5.69 Å². The maximum Gasteiger partial charge on any atom is 0.305 e. The van der Waals surface area contributed by atoms with E-state index < -0.39 is 0 Å². The molecule has 0 bridgehead atoms. The van der Waals surface area contributed by atoms with Crippen LogP contribution >= 0.6 is 0 Å². The third kappa shape index (κ3) is 5.75. The summed E-state index contributed by atoms with van der Waals surface area (Å²) < 4.78 is 6.55. The van der Waals surface area contributed by atoms with Gasteiger partial charge in [-0.05, 0) is 62.9 Å². The summed E-state index contributed by atoms with van der Waals surface area (Å²) >= 11 is 0. The monoisotopic (exact) mass is 440 g/mol. The fourth-order valence-electron chi connectivity index (χ4n) is 4.17. The summed E-state index contributed by atoms with van der Waals surface area (Å²) in [5, 5.41) is 10.3. The van der Waals surface area contributed by atoms with Gasteiger partial charge in [0.1, 0.15) is 0 Å². The molecule has 3 rings (SSSR count). The zero-order chi connectivity index (χ0) is 23.1. The Morgan fingerprint density at radius 1 is 1.06 bits per heavy atom. The minimum atomic E-state index is -0.245. The standard InChI is InChI=1S/C24H32N4O4/c1-16-21(12-13-22(29)32-3)17(2)28(27-16)20-10-8-19(9-11-20)24(31)26-15-14-25-23(30)18-6-4-5-7-18/h8-11,18H,4-7,12-15H2,1-3H3,(H,25,30)(H,26,31). The highest BCUT2D eigenvalue weighted by Gasteiger charge is 2.22. The minimum absolute atomic E-state index is 0.0944. The number of nitrogens with zero attached hydrogens (tertiary/aromatic N) is 2. The van der Waals surface area contributed by atoms with Crippen molar-refractivity contribution in [1.82, 2.24) is 20.4 Å². The molecule has 1 aromatic heterocycles. The molecule has 32 heavy (non-hydrogen) atoms. The van der Waals surface area contributed by atoms with Gasteiger partial charge in [-0.25, -0.2) is 4.68 Å². The van der Waals surface area contributed by atoms with Gasteiger partial charge in [0, 0.05) is 36.7 Å². The summed E-state index contributed by atoms with van der Waals surface area (Å²) in [6, 6.07) is 7.21. The first kappa shape index (κ1) is 23.5. The van der Waals surface area contributed by atoms with E-state index in [1.807, 2.05) is 30.7 Å². The number of rotatable bonds is 9. The molecule has 2 N–H and O–H groups in total.